The van der Waals surface area contributed by atoms with E-state index in [4.69, 9.17) is 0 Å². The molecule has 0 spiro atoms. The van der Waals surface area contributed by atoms with Gasteiger partial charge in [0.25, 0.3) is 0 Å². The number of hydrogen-bond donors (Lipinski definition) is 0. The predicted molar refractivity (Wildman–Crippen MR) is 167 cm³/mol. The van der Waals surface area contributed by atoms with Crippen LogP contribution in [0.25, 0.3) is 43.4 Å². The molecule has 0 saturated heterocycles. The molecule has 7 rings (SSSR count). The van der Waals surface area contributed by atoms with Gasteiger partial charge in [-0.15, -0.1) is 0 Å². The van der Waals surface area contributed by atoms with E-state index in [2.05, 4.69) is 106 Å². The van der Waals surface area contributed by atoms with Crippen molar-refractivity contribution in [1.29, 1.82) is 10.5 Å². The Hall–Kier alpha value is -5.16. The first-order valence-electron chi connectivity index (χ1n) is 12.9. The van der Waals surface area contributed by atoms with Gasteiger partial charge in [0.05, 0.1) is 23.3 Å². The van der Waals surface area contributed by atoms with Gasteiger partial charge in [0.15, 0.2) is 0 Å². The Balaban J connectivity index is 1.36. The average molecular weight is 574 g/mol. The maximum atomic E-state index is 9.28. The number of hydrogen-bond acceptors (Lipinski definition) is 3. The molecule has 0 heterocycles. The van der Waals surface area contributed by atoms with Crippen LogP contribution in [0.5, 0.6) is 0 Å². The van der Waals surface area contributed by atoms with Crippen LogP contribution < -0.4 is 4.90 Å². The molecule has 0 aliphatic carbocycles. The summed E-state index contributed by atoms with van der Waals surface area (Å²) in [7, 11) is 0. The van der Waals surface area contributed by atoms with E-state index in [1.54, 1.807) is 0 Å². The van der Waals surface area contributed by atoms with E-state index in [0.717, 1.165) is 27.1 Å². The molecule has 0 atom stereocenters. The molecule has 7 aromatic rings. The van der Waals surface area contributed by atoms with E-state index in [-0.39, 0.29) is 0 Å². The Morgan fingerprint density at radius 2 is 0.925 bits per heavy atom. The molecule has 0 aliphatic heterocycles. The van der Waals surface area contributed by atoms with Crippen LogP contribution in [0.15, 0.2) is 126 Å². The molecule has 0 saturated carbocycles. The molecule has 0 bridgehead atoms. The van der Waals surface area contributed by atoms with Gasteiger partial charge >= 0.3 is 0 Å². The fourth-order valence-electron chi connectivity index (χ4n) is 5.62. The van der Waals surface area contributed by atoms with Crippen molar-refractivity contribution in [3.8, 4) is 23.3 Å². The van der Waals surface area contributed by atoms with E-state index in [0.29, 0.717) is 11.1 Å². The van der Waals surface area contributed by atoms with Crippen LogP contribution in [0.3, 0.4) is 0 Å². The van der Waals surface area contributed by atoms with Crippen molar-refractivity contribution in [2.24, 2.45) is 0 Å². The summed E-state index contributed by atoms with van der Waals surface area (Å²) in [5.74, 6) is 0. The molecule has 0 aromatic heterocycles. The van der Waals surface area contributed by atoms with E-state index < -0.39 is 0 Å². The van der Waals surface area contributed by atoms with Gasteiger partial charge in [-0.25, -0.2) is 0 Å². The van der Waals surface area contributed by atoms with Gasteiger partial charge in [-0.2, -0.15) is 10.5 Å². The molecule has 0 unspecified atom stereocenters. The molecule has 3 nitrogen and oxygen atoms in total. The van der Waals surface area contributed by atoms with Crippen molar-refractivity contribution >= 4 is 65.3 Å². The lowest BCUT2D eigenvalue weighted by Crippen LogP contribution is -2.09. The van der Waals surface area contributed by atoms with Crippen molar-refractivity contribution in [2.45, 2.75) is 0 Å². The minimum absolute atomic E-state index is 0.611. The smallest absolute Gasteiger partial charge is 0.0991 e. The zero-order valence-corrected chi connectivity index (χ0v) is 22.9. The molecular weight excluding hydrogens is 554 g/mol. The second-order valence-corrected chi connectivity index (χ2v) is 10.6. The van der Waals surface area contributed by atoms with E-state index in [9.17, 15) is 10.5 Å². The summed E-state index contributed by atoms with van der Waals surface area (Å²) < 4.78 is 1.11. The highest BCUT2D eigenvalue weighted by atomic mass is 79.9. The number of rotatable bonds is 4. The SMILES string of the molecule is N#Cc1ccc(N(c2ccc(C#N)cc2)c2ccc(-c3ccc4ccc5c(Br)ccc6ccc3c4c65)cc2)cc1. The lowest BCUT2D eigenvalue weighted by molar-refractivity contribution is 1.28. The summed E-state index contributed by atoms with van der Waals surface area (Å²) >= 11 is 3.74. The van der Waals surface area contributed by atoms with Crippen molar-refractivity contribution < 1.29 is 0 Å². The molecule has 186 valence electrons. The first kappa shape index (κ1) is 23.9. The van der Waals surface area contributed by atoms with Gasteiger partial charge in [-0.3, -0.25) is 0 Å². The van der Waals surface area contributed by atoms with E-state index in [1.807, 2.05) is 48.5 Å². The van der Waals surface area contributed by atoms with Crippen LogP contribution in [0, 0.1) is 22.7 Å². The monoisotopic (exact) mass is 573 g/mol. The van der Waals surface area contributed by atoms with Gasteiger partial charge in [-0.05, 0) is 110 Å². The minimum atomic E-state index is 0.611. The van der Waals surface area contributed by atoms with Crippen LogP contribution >= 0.6 is 15.9 Å². The summed E-state index contributed by atoms with van der Waals surface area (Å²) in [6.45, 7) is 0. The fraction of sp³-hybridized carbons (Fsp3) is 0. The average Bonchev–Trinajstić information content (AvgIpc) is 3.02. The van der Waals surface area contributed by atoms with Crippen molar-refractivity contribution in [1.82, 2.24) is 0 Å². The molecule has 4 heteroatoms. The third kappa shape index (κ3) is 3.86. The van der Waals surface area contributed by atoms with Crippen LogP contribution in [-0.2, 0) is 0 Å². The third-order valence-corrected chi connectivity index (χ3v) is 8.25. The Bertz CT molecular complexity index is 2060. The highest BCUT2D eigenvalue weighted by Crippen LogP contribution is 2.42. The second kappa shape index (κ2) is 9.54. The Morgan fingerprint density at radius 1 is 0.475 bits per heavy atom. The quantitative estimate of drug-likeness (QED) is 0.197. The van der Waals surface area contributed by atoms with Crippen LogP contribution in [0.4, 0.5) is 17.1 Å². The number of anilines is 3. The summed E-state index contributed by atoms with van der Waals surface area (Å²) in [5, 5.41) is 26.1. The third-order valence-electron chi connectivity index (χ3n) is 7.56. The fourth-order valence-corrected chi connectivity index (χ4v) is 6.09. The van der Waals surface area contributed by atoms with Gasteiger partial charge < -0.3 is 4.90 Å². The Kier molecular flexibility index (Phi) is 5.71. The minimum Gasteiger partial charge on any atom is -0.311 e. The lowest BCUT2D eigenvalue weighted by Gasteiger charge is -2.26. The molecular formula is C36H20BrN3. The number of nitrogens with zero attached hydrogens (tertiary/aromatic N) is 3. The zero-order valence-electron chi connectivity index (χ0n) is 21.3. The summed E-state index contributed by atoms with van der Waals surface area (Å²) in [4.78, 5) is 2.13. The maximum Gasteiger partial charge on any atom is 0.0991 e. The predicted octanol–water partition coefficient (Wildman–Crippen LogP) is 10.2. The normalized spacial score (nSPS) is 11.1. The topological polar surface area (TPSA) is 50.8 Å². The Morgan fingerprint density at radius 3 is 1.48 bits per heavy atom. The number of benzene rings is 7. The van der Waals surface area contributed by atoms with Crippen LogP contribution in [0.1, 0.15) is 11.1 Å². The van der Waals surface area contributed by atoms with Crippen molar-refractivity contribution in [3.05, 3.63) is 137 Å². The summed E-state index contributed by atoms with van der Waals surface area (Å²) in [5.41, 5.74) is 6.41. The first-order valence-corrected chi connectivity index (χ1v) is 13.7. The first-order chi connectivity index (χ1) is 19.6. The second-order valence-electron chi connectivity index (χ2n) is 9.78. The largest absolute Gasteiger partial charge is 0.311 e. The standard InChI is InChI=1S/C36H20BrN3/c37-34-20-10-27-8-18-32-31(17-7-26-9-19-33(34)36(27)35(26)32)25-5-15-30(16-6-25)40(28-11-1-23(21-38)2-12-28)29-13-3-24(22-39)4-14-29/h1-20H. The van der Waals surface area contributed by atoms with Gasteiger partial charge in [0.1, 0.15) is 0 Å². The number of nitriles is 2. The molecule has 0 fully saturated rings. The lowest BCUT2D eigenvalue weighted by atomic mass is 9.90. The Labute approximate surface area is 240 Å². The van der Waals surface area contributed by atoms with Gasteiger partial charge in [-0.1, -0.05) is 70.5 Å². The van der Waals surface area contributed by atoms with Gasteiger partial charge in [0, 0.05) is 21.5 Å². The maximum absolute atomic E-state index is 9.28. The molecule has 0 N–H and O–H groups in total. The highest BCUT2D eigenvalue weighted by Gasteiger charge is 2.16. The van der Waals surface area contributed by atoms with Crippen molar-refractivity contribution in [2.75, 3.05) is 4.90 Å². The molecule has 0 radical (unpaired) electrons. The number of halogens is 1. The molecule has 7 aromatic carbocycles. The summed E-state index contributed by atoms with van der Waals surface area (Å²) in [6.07, 6.45) is 0. The van der Waals surface area contributed by atoms with Crippen LogP contribution in [-0.4, -0.2) is 0 Å². The molecule has 40 heavy (non-hydrogen) atoms. The van der Waals surface area contributed by atoms with Crippen LogP contribution in [0.2, 0.25) is 0 Å². The summed E-state index contributed by atoms with van der Waals surface area (Å²) in [6, 6.07) is 45.6. The van der Waals surface area contributed by atoms with Crippen molar-refractivity contribution in [3.63, 3.8) is 0 Å². The van der Waals surface area contributed by atoms with E-state index >= 15 is 0 Å². The molecule has 0 aliphatic rings. The zero-order chi connectivity index (χ0) is 27.2. The van der Waals surface area contributed by atoms with E-state index in [1.165, 1.54) is 37.9 Å². The molecule has 0 amide bonds. The van der Waals surface area contributed by atoms with Gasteiger partial charge in [0.2, 0.25) is 0 Å². The highest BCUT2D eigenvalue weighted by molar-refractivity contribution is 9.10.